The van der Waals surface area contributed by atoms with E-state index in [-0.39, 0.29) is 25.0 Å². The molecule has 0 unspecified atom stereocenters. The van der Waals surface area contributed by atoms with Gasteiger partial charge in [0, 0.05) is 5.92 Å². The van der Waals surface area contributed by atoms with Crippen molar-refractivity contribution < 1.29 is 19.4 Å². The van der Waals surface area contributed by atoms with Crippen molar-refractivity contribution in [3.05, 3.63) is 108 Å². The first-order valence-corrected chi connectivity index (χ1v) is 10.7. The zero-order chi connectivity index (χ0) is 22.3. The highest BCUT2D eigenvalue weighted by Crippen LogP contribution is 2.44. The molecule has 32 heavy (non-hydrogen) atoms. The van der Waals surface area contributed by atoms with Gasteiger partial charge in [0.2, 0.25) is 0 Å². The largest absolute Gasteiger partial charge is 0.481 e. The van der Waals surface area contributed by atoms with Gasteiger partial charge in [-0.25, -0.2) is 4.79 Å². The van der Waals surface area contributed by atoms with E-state index in [0.717, 1.165) is 16.7 Å². The zero-order valence-corrected chi connectivity index (χ0v) is 17.6. The molecular formula is C27H25NO4. The van der Waals surface area contributed by atoms with E-state index in [0.29, 0.717) is 6.42 Å². The second-order valence-corrected chi connectivity index (χ2v) is 7.79. The summed E-state index contributed by atoms with van der Waals surface area (Å²) in [6.45, 7) is 0.233. The van der Waals surface area contributed by atoms with E-state index in [1.54, 1.807) is 12.2 Å². The molecule has 0 saturated heterocycles. The Morgan fingerprint density at radius 2 is 1.50 bits per heavy atom. The fraction of sp³-hybridized carbons (Fsp3) is 0.185. The number of hydrogen-bond acceptors (Lipinski definition) is 3. The van der Waals surface area contributed by atoms with Crippen LogP contribution in [0, 0.1) is 0 Å². The van der Waals surface area contributed by atoms with Crippen LogP contribution in [0.15, 0.2) is 91.0 Å². The van der Waals surface area contributed by atoms with Crippen LogP contribution in [-0.2, 0) is 16.0 Å². The maximum Gasteiger partial charge on any atom is 0.407 e. The fourth-order valence-electron chi connectivity index (χ4n) is 4.16. The summed E-state index contributed by atoms with van der Waals surface area (Å²) in [5.41, 5.74) is 5.70. The quantitative estimate of drug-likeness (QED) is 0.487. The third-order valence-electron chi connectivity index (χ3n) is 5.61. The normalized spacial score (nSPS) is 13.4. The van der Waals surface area contributed by atoms with Crippen LogP contribution in [0.3, 0.4) is 0 Å². The first kappa shape index (κ1) is 21.4. The zero-order valence-electron chi connectivity index (χ0n) is 17.6. The lowest BCUT2D eigenvalue weighted by atomic mass is 9.98. The molecule has 0 fully saturated rings. The van der Waals surface area contributed by atoms with Gasteiger partial charge in [-0.15, -0.1) is 0 Å². The molecule has 0 saturated carbocycles. The molecule has 2 N–H and O–H groups in total. The van der Waals surface area contributed by atoms with Gasteiger partial charge in [0.25, 0.3) is 0 Å². The van der Waals surface area contributed by atoms with E-state index >= 15 is 0 Å². The molecule has 5 nitrogen and oxygen atoms in total. The summed E-state index contributed by atoms with van der Waals surface area (Å²) in [5, 5.41) is 11.8. The smallest absolute Gasteiger partial charge is 0.407 e. The highest BCUT2D eigenvalue weighted by Gasteiger charge is 2.29. The van der Waals surface area contributed by atoms with Crippen molar-refractivity contribution in [3.8, 4) is 11.1 Å². The summed E-state index contributed by atoms with van der Waals surface area (Å²) in [6, 6.07) is 25.7. The van der Waals surface area contributed by atoms with Crippen LogP contribution in [0.5, 0.6) is 0 Å². The minimum Gasteiger partial charge on any atom is -0.481 e. The Bertz CT molecular complexity index is 1080. The van der Waals surface area contributed by atoms with Gasteiger partial charge < -0.3 is 15.2 Å². The van der Waals surface area contributed by atoms with Crippen molar-refractivity contribution in [2.24, 2.45) is 0 Å². The second-order valence-electron chi connectivity index (χ2n) is 7.79. The topological polar surface area (TPSA) is 75.6 Å². The molecule has 5 heteroatoms. The Kier molecular flexibility index (Phi) is 6.66. The van der Waals surface area contributed by atoms with Gasteiger partial charge in [-0.1, -0.05) is 91.0 Å². The number of rotatable bonds is 8. The van der Waals surface area contributed by atoms with Gasteiger partial charge in [0.1, 0.15) is 6.61 Å². The van der Waals surface area contributed by atoms with Crippen molar-refractivity contribution in [2.45, 2.75) is 24.8 Å². The summed E-state index contributed by atoms with van der Waals surface area (Å²) >= 11 is 0. The molecule has 1 atom stereocenters. The monoisotopic (exact) mass is 427 g/mol. The summed E-state index contributed by atoms with van der Waals surface area (Å²) in [7, 11) is 0. The maximum absolute atomic E-state index is 12.6. The number of fused-ring (bicyclic) bond motifs is 3. The number of carbonyl (C=O) groups excluding carboxylic acids is 1. The van der Waals surface area contributed by atoms with Crippen LogP contribution in [0.1, 0.15) is 29.0 Å². The third-order valence-corrected chi connectivity index (χ3v) is 5.61. The minimum atomic E-state index is -0.916. The highest BCUT2D eigenvalue weighted by atomic mass is 16.5. The average Bonchev–Trinajstić information content (AvgIpc) is 3.12. The van der Waals surface area contributed by atoms with E-state index < -0.39 is 12.1 Å². The molecule has 1 aliphatic carbocycles. The van der Waals surface area contributed by atoms with Gasteiger partial charge in [0.05, 0.1) is 12.5 Å². The van der Waals surface area contributed by atoms with Crippen LogP contribution in [-0.4, -0.2) is 29.8 Å². The number of carbonyl (C=O) groups is 2. The molecule has 3 aromatic carbocycles. The number of nitrogens with one attached hydrogen (secondary N) is 1. The number of hydrogen-bond donors (Lipinski definition) is 2. The number of aliphatic carboxylic acids is 1. The van der Waals surface area contributed by atoms with E-state index in [1.807, 2.05) is 54.6 Å². The molecule has 0 spiro atoms. The van der Waals surface area contributed by atoms with Crippen molar-refractivity contribution >= 4 is 12.1 Å². The van der Waals surface area contributed by atoms with Crippen LogP contribution in [0.2, 0.25) is 0 Å². The molecule has 1 amide bonds. The summed E-state index contributed by atoms with van der Waals surface area (Å²) < 4.78 is 5.64. The molecule has 3 aromatic rings. The molecule has 162 valence electrons. The minimum absolute atomic E-state index is 0.0109. The third kappa shape index (κ3) is 5.06. The first-order chi connectivity index (χ1) is 15.6. The molecule has 4 rings (SSSR count). The van der Waals surface area contributed by atoms with Crippen molar-refractivity contribution in [1.29, 1.82) is 0 Å². The summed E-state index contributed by atoms with van der Waals surface area (Å²) in [4.78, 5) is 23.5. The lowest BCUT2D eigenvalue weighted by Gasteiger charge is -2.18. The first-order valence-electron chi connectivity index (χ1n) is 10.7. The van der Waals surface area contributed by atoms with E-state index in [4.69, 9.17) is 9.84 Å². The Morgan fingerprint density at radius 3 is 2.12 bits per heavy atom. The Balaban J connectivity index is 1.43. The van der Waals surface area contributed by atoms with Gasteiger partial charge in [-0.2, -0.15) is 0 Å². The maximum atomic E-state index is 12.6. The molecule has 0 aliphatic heterocycles. The van der Waals surface area contributed by atoms with E-state index in [1.165, 1.54) is 11.1 Å². The number of ether oxygens (including phenoxy) is 1. The van der Waals surface area contributed by atoms with E-state index in [9.17, 15) is 9.59 Å². The van der Waals surface area contributed by atoms with Crippen LogP contribution < -0.4 is 5.32 Å². The number of amides is 1. The standard InChI is InChI=1S/C27H25NO4/c29-26(30)16-8-11-20(17-19-9-2-1-3-10-19)28-27(31)32-18-25-23-14-6-4-12-21(23)22-13-5-7-15-24(22)25/h1-15,20,25H,16-18H2,(H,28,31)(H,29,30)/b11-8-/t20-/m1/s1. The predicted molar refractivity (Wildman–Crippen MR) is 124 cm³/mol. The Hall–Kier alpha value is -3.86. The molecular weight excluding hydrogens is 402 g/mol. The van der Waals surface area contributed by atoms with Gasteiger partial charge >= 0.3 is 12.1 Å². The van der Waals surface area contributed by atoms with Gasteiger partial charge in [-0.05, 0) is 34.2 Å². The van der Waals surface area contributed by atoms with E-state index in [2.05, 4.69) is 29.6 Å². The highest BCUT2D eigenvalue weighted by molar-refractivity contribution is 5.79. The fourth-order valence-corrected chi connectivity index (χ4v) is 4.16. The molecule has 0 aromatic heterocycles. The summed E-state index contributed by atoms with van der Waals surface area (Å²) in [6.07, 6.45) is 3.19. The number of carboxylic acids is 1. The van der Waals surface area contributed by atoms with Crippen molar-refractivity contribution in [1.82, 2.24) is 5.32 Å². The lowest BCUT2D eigenvalue weighted by Crippen LogP contribution is -2.36. The average molecular weight is 428 g/mol. The predicted octanol–water partition coefficient (Wildman–Crippen LogP) is 5.17. The van der Waals surface area contributed by atoms with Crippen LogP contribution in [0.25, 0.3) is 11.1 Å². The van der Waals surface area contributed by atoms with Crippen molar-refractivity contribution in [2.75, 3.05) is 6.61 Å². The Labute approximate surface area is 187 Å². The molecule has 0 heterocycles. The molecule has 0 radical (unpaired) electrons. The molecule has 0 bridgehead atoms. The second kappa shape index (κ2) is 9.96. The van der Waals surface area contributed by atoms with Gasteiger partial charge in [-0.3, -0.25) is 4.79 Å². The number of carboxylic acid groups (broad SMARTS) is 1. The van der Waals surface area contributed by atoms with Crippen molar-refractivity contribution in [3.63, 3.8) is 0 Å². The molecule has 1 aliphatic rings. The van der Waals surface area contributed by atoms with Crippen LogP contribution >= 0.6 is 0 Å². The Morgan fingerprint density at radius 1 is 0.906 bits per heavy atom. The van der Waals surface area contributed by atoms with Gasteiger partial charge in [0.15, 0.2) is 0 Å². The summed E-state index contributed by atoms with van der Waals surface area (Å²) in [5.74, 6) is -0.927. The van der Waals surface area contributed by atoms with Crippen LogP contribution in [0.4, 0.5) is 4.79 Å². The number of benzene rings is 3. The lowest BCUT2D eigenvalue weighted by molar-refractivity contribution is -0.136. The number of alkyl carbamates (subject to hydrolysis) is 1. The SMILES string of the molecule is O=C(O)C/C=C\[C@H](Cc1ccccc1)NC(=O)OCC1c2ccccc2-c2ccccc21.